The second-order valence-electron chi connectivity index (χ2n) is 8.39. The number of benzene rings is 2. The number of carbonyl (C=O) groups excluding carboxylic acids is 2. The van der Waals surface area contributed by atoms with Crippen LogP contribution in [0.2, 0.25) is 0 Å². The second kappa shape index (κ2) is 7.40. The number of fused-ring (bicyclic) bond motifs is 3. The molecule has 30 heavy (non-hydrogen) atoms. The number of nitrogens with zero attached hydrogens (tertiary/aromatic N) is 3. The third kappa shape index (κ3) is 3.96. The Bertz CT molecular complexity index is 1160. The molecule has 1 aliphatic rings. The van der Waals surface area contributed by atoms with Gasteiger partial charge in [-0.15, -0.1) is 0 Å². The van der Waals surface area contributed by atoms with Gasteiger partial charge in [-0.25, -0.2) is 9.40 Å². The van der Waals surface area contributed by atoms with Gasteiger partial charge >= 0.3 is 0 Å². The summed E-state index contributed by atoms with van der Waals surface area (Å²) in [6, 6.07) is 15.5. The first kappa shape index (κ1) is 19.8. The molecule has 2 amide bonds. The van der Waals surface area contributed by atoms with Crippen LogP contribution < -0.4 is 5.32 Å². The fraction of sp³-hybridized carbons (Fsp3) is 0.261. The van der Waals surface area contributed by atoms with E-state index >= 15 is 0 Å². The molecular formula is C23H23FN4O2. The first-order valence-electron chi connectivity index (χ1n) is 9.76. The maximum absolute atomic E-state index is 13.4. The monoisotopic (exact) mass is 406 g/mol. The quantitative estimate of drug-likeness (QED) is 0.723. The highest BCUT2D eigenvalue weighted by molar-refractivity contribution is 6.07. The highest BCUT2D eigenvalue weighted by Crippen LogP contribution is 2.24. The van der Waals surface area contributed by atoms with Gasteiger partial charge < -0.3 is 9.88 Å². The van der Waals surface area contributed by atoms with E-state index in [9.17, 15) is 14.0 Å². The van der Waals surface area contributed by atoms with Gasteiger partial charge in [0.1, 0.15) is 18.1 Å². The number of carbonyl (C=O) groups is 2. The standard InChI is InChI=1S/C23H23FN4O2/c1-23(2,3)25-21(29)14-28-22(30)20-12-16-6-4-5-7-19(16)27(20)13-18(26-28)15-8-10-17(24)11-9-15/h4-12H,13-14H2,1-3H3,(H,25,29). The van der Waals surface area contributed by atoms with Crippen molar-refractivity contribution in [3.63, 3.8) is 0 Å². The highest BCUT2D eigenvalue weighted by atomic mass is 19.1. The van der Waals surface area contributed by atoms with Crippen molar-refractivity contribution in [1.29, 1.82) is 0 Å². The lowest BCUT2D eigenvalue weighted by atomic mass is 10.1. The summed E-state index contributed by atoms with van der Waals surface area (Å²) in [5, 5.41) is 9.50. The van der Waals surface area contributed by atoms with Crippen molar-refractivity contribution >= 4 is 28.4 Å². The van der Waals surface area contributed by atoms with Gasteiger partial charge in [0.05, 0.1) is 12.3 Å². The smallest absolute Gasteiger partial charge is 0.291 e. The molecule has 0 bridgehead atoms. The molecule has 154 valence electrons. The Morgan fingerprint density at radius 2 is 1.83 bits per heavy atom. The third-order valence-electron chi connectivity index (χ3n) is 4.80. The van der Waals surface area contributed by atoms with Crippen molar-refractivity contribution in [3.8, 4) is 0 Å². The van der Waals surface area contributed by atoms with Crippen molar-refractivity contribution in [2.45, 2.75) is 32.9 Å². The molecule has 4 rings (SSSR count). The number of nitrogens with one attached hydrogen (secondary N) is 1. The van der Waals surface area contributed by atoms with Gasteiger partial charge in [0.15, 0.2) is 0 Å². The molecule has 1 N–H and O–H groups in total. The molecule has 0 unspecified atom stereocenters. The maximum Gasteiger partial charge on any atom is 0.291 e. The summed E-state index contributed by atoms with van der Waals surface area (Å²) < 4.78 is 15.3. The molecule has 0 fully saturated rings. The lowest BCUT2D eigenvalue weighted by molar-refractivity contribution is -0.123. The van der Waals surface area contributed by atoms with E-state index in [0.29, 0.717) is 23.5 Å². The van der Waals surface area contributed by atoms with E-state index in [0.717, 1.165) is 10.9 Å². The van der Waals surface area contributed by atoms with Crippen LogP contribution in [0.4, 0.5) is 4.39 Å². The molecule has 0 radical (unpaired) electrons. The number of hydrogen-bond donors (Lipinski definition) is 1. The zero-order valence-electron chi connectivity index (χ0n) is 17.1. The minimum Gasteiger partial charge on any atom is -0.350 e. The molecule has 2 aromatic carbocycles. The van der Waals surface area contributed by atoms with E-state index in [4.69, 9.17) is 0 Å². The Labute approximate surface area is 174 Å². The van der Waals surface area contributed by atoms with Gasteiger partial charge in [0.2, 0.25) is 5.91 Å². The summed E-state index contributed by atoms with van der Waals surface area (Å²) in [6.07, 6.45) is 0. The summed E-state index contributed by atoms with van der Waals surface area (Å²) >= 11 is 0. The van der Waals surface area contributed by atoms with Crippen molar-refractivity contribution in [2.75, 3.05) is 6.54 Å². The number of hydrogen-bond acceptors (Lipinski definition) is 3. The lowest BCUT2D eigenvalue weighted by Crippen LogP contribution is -2.46. The van der Waals surface area contributed by atoms with E-state index in [1.54, 1.807) is 12.1 Å². The molecule has 0 spiro atoms. The van der Waals surface area contributed by atoms with Crippen LogP contribution in [-0.4, -0.2) is 39.2 Å². The third-order valence-corrected chi connectivity index (χ3v) is 4.80. The summed E-state index contributed by atoms with van der Waals surface area (Å²) in [7, 11) is 0. The van der Waals surface area contributed by atoms with E-state index < -0.39 is 5.54 Å². The van der Waals surface area contributed by atoms with Crippen molar-refractivity contribution < 1.29 is 14.0 Å². The van der Waals surface area contributed by atoms with Crippen LogP contribution in [0.5, 0.6) is 0 Å². The number of halogens is 1. The predicted octanol–water partition coefficient (Wildman–Crippen LogP) is 3.56. The number of amides is 2. The van der Waals surface area contributed by atoms with Gasteiger partial charge in [-0.05, 0) is 50.6 Å². The molecule has 2 heterocycles. The van der Waals surface area contributed by atoms with Crippen molar-refractivity contribution in [2.24, 2.45) is 5.10 Å². The number of hydrazone groups is 1. The lowest BCUT2D eigenvalue weighted by Gasteiger charge is -2.23. The predicted molar refractivity (Wildman–Crippen MR) is 114 cm³/mol. The Hall–Kier alpha value is -3.48. The van der Waals surface area contributed by atoms with E-state index in [2.05, 4.69) is 10.4 Å². The van der Waals surface area contributed by atoms with Crippen LogP contribution in [0.3, 0.4) is 0 Å². The van der Waals surface area contributed by atoms with Crippen molar-refractivity contribution in [3.05, 3.63) is 71.7 Å². The van der Waals surface area contributed by atoms with Gasteiger partial charge in [0.25, 0.3) is 5.91 Å². The summed E-state index contributed by atoms with van der Waals surface area (Å²) in [5.74, 6) is -1.01. The molecular weight excluding hydrogens is 383 g/mol. The Kier molecular flexibility index (Phi) is 4.89. The van der Waals surface area contributed by atoms with Crippen LogP contribution in [-0.2, 0) is 11.3 Å². The average molecular weight is 406 g/mol. The number of aromatic nitrogens is 1. The molecule has 0 saturated heterocycles. The average Bonchev–Trinajstić information content (AvgIpc) is 2.98. The Morgan fingerprint density at radius 3 is 2.53 bits per heavy atom. The van der Waals surface area contributed by atoms with E-state index in [1.807, 2.05) is 55.7 Å². The molecule has 3 aromatic rings. The zero-order valence-corrected chi connectivity index (χ0v) is 17.1. The second-order valence-corrected chi connectivity index (χ2v) is 8.39. The summed E-state index contributed by atoms with van der Waals surface area (Å²) in [4.78, 5) is 25.8. The SMILES string of the molecule is CC(C)(C)NC(=O)CN1N=C(c2ccc(F)cc2)Cn2c(cc3ccccc32)C1=O. The maximum atomic E-state index is 13.4. The molecule has 7 heteroatoms. The fourth-order valence-corrected chi connectivity index (χ4v) is 3.55. The first-order valence-corrected chi connectivity index (χ1v) is 9.76. The largest absolute Gasteiger partial charge is 0.350 e. The highest BCUT2D eigenvalue weighted by Gasteiger charge is 2.28. The van der Waals surface area contributed by atoms with E-state index in [1.165, 1.54) is 17.1 Å². The molecule has 1 aromatic heterocycles. The molecule has 0 atom stereocenters. The Morgan fingerprint density at radius 1 is 1.13 bits per heavy atom. The normalized spacial score (nSPS) is 14.3. The van der Waals surface area contributed by atoms with E-state index in [-0.39, 0.29) is 24.2 Å². The number of para-hydroxylation sites is 1. The van der Waals surface area contributed by atoms with Gasteiger partial charge in [-0.1, -0.05) is 30.3 Å². The molecule has 0 saturated carbocycles. The Balaban J connectivity index is 1.79. The van der Waals surface area contributed by atoms with Crippen LogP contribution in [0.15, 0.2) is 59.7 Å². The molecule has 0 aliphatic carbocycles. The molecule has 6 nitrogen and oxygen atoms in total. The van der Waals surface area contributed by atoms with Crippen LogP contribution >= 0.6 is 0 Å². The summed E-state index contributed by atoms with van der Waals surface area (Å²) in [5.41, 5.74) is 2.20. The minimum atomic E-state index is -0.426. The van der Waals surface area contributed by atoms with Crippen LogP contribution in [0, 0.1) is 5.82 Å². The minimum absolute atomic E-state index is 0.206. The summed E-state index contributed by atoms with van der Waals surface area (Å²) in [6.45, 7) is 5.75. The van der Waals surface area contributed by atoms with Crippen molar-refractivity contribution in [1.82, 2.24) is 14.9 Å². The molecule has 1 aliphatic heterocycles. The fourth-order valence-electron chi connectivity index (χ4n) is 3.55. The topological polar surface area (TPSA) is 66.7 Å². The first-order chi connectivity index (χ1) is 14.2. The van der Waals surface area contributed by atoms with Gasteiger partial charge in [-0.2, -0.15) is 5.10 Å². The zero-order chi connectivity index (χ0) is 21.5. The van der Waals surface area contributed by atoms with Crippen LogP contribution in [0.25, 0.3) is 10.9 Å². The van der Waals surface area contributed by atoms with Crippen LogP contribution in [0.1, 0.15) is 36.8 Å². The van der Waals surface area contributed by atoms with Gasteiger partial charge in [-0.3, -0.25) is 9.59 Å². The number of rotatable bonds is 3. The van der Waals surface area contributed by atoms with Gasteiger partial charge in [0, 0.05) is 16.4 Å².